The molecule has 3 aromatic carbocycles. The van der Waals surface area contributed by atoms with Crippen molar-refractivity contribution in [3.05, 3.63) is 86.9 Å². The summed E-state index contributed by atoms with van der Waals surface area (Å²) in [5.41, 5.74) is 1.83. The molecule has 8 nitrogen and oxygen atoms in total. The molecule has 1 aliphatic rings. The molecular formula is C30H34Cl3N3O5S. The Balaban J connectivity index is 1.62. The minimum absolute atomic E-state index is 0.0191. The number of sulfonamides is 1. The largest absolute Gasteiger partial charge is 0.488 e. The molecule has 2 N–H and O–H groups in total. The van der Waals surface area contributed by atoms with E-state index < -0.39 is 16.1 Å². The Morgan fingerprint density at radius 2 is 1.79 bits per heavy atom. The number of hydrogen-bond acceptors (Lipinski definition) is 6. The molecule has 4 rings (SSSR count). The maximum atomic E-state index is 13.5. The molecule has 0 fully saturated rings. The first-order chi connectivity index (χ1) is 19.9. The van der Waals surface area contributed by atoms with Crippen molar-refractivity contribution in [1.29, 1.82) is 0 Å². The van der Waals surface area contributed by atoms with Crippen LogP contribution >= 0.6 is 34.8 Å². The van der Waals surface area contributed by atoms with Crippen LogP contribution in [-0.2, 0) is 27.8 Å². The number of amides is 1. The Morgan fingerprint density at radius 1 is 1.07 bits per heavy atom. The number of rotatable bonds is 9. The van der Waals surface area contributed by atoms with Gasteiger partial charge in [0.15, 0.2) is 0 Å². The molecule has 3 aromatic rings. The number of aliphatic hydroxyl groups is 1. The molecule has 0 radical (unpaired) electrons. The molecule has 0 bridgehead atoms. The van der Waals surface area contributed by atoms with Gasteiger partial charge in [-0.15, -0.1) is 0 Å². The third-order valence-electron chi connectivity index (χ3n) is 7.22. The van der Waals surface area contributed by atoms with Gasteiger partial charge in [0.25, 0.3) is 10.0 Å². The van der Waals surface area contributed by atoms with E-state index in [9.17, 15) is 18.3 Å². The standard InChI is InChI=1S/C30H34Cl3N3O5S/c1-19-15-36(20(2)18-37)30(38)14-22-13-24(34-42(39,40)25-8-5-23(31)6-9-25)7-11-28(22)41-29(19)17-35(3)16-21-4-10-26(32)27(33)12-21/h4-13,19-20,29,34,37H,14-18H2,1-3H3/t19-,20-,29+/m0/s1. The van der Waals surface area contributed by atoms with Crippen molar-refractivity contribution in [2.75, 3.05) is 31.5 Å². The third-order valence-corrected chi connectivity index (χ3v) is 9.61. The first-order valence-electron chi connectivity index (χ1n) is 13.5. The van der Waals surface area contributed by atoms with Gasteiger partial charge in [-0.1, -0.05) is 47.8 Å². The molecular weight excluding hydrogens is 621 g/mol. The summed E-state index contributed by atoms with van der Waals surface area (Å²) in [6, 6.07) is 15.9. The number of nitrogens with one attached hydrogen (secondary N) is 1. The van der Waals surface area contributed by atoms with Crippen molar-refractivity contribution in [1.82, 2.24) is 9.80 Å². The zero-order chi connectivity index (χ0) is 30.6. The number of carbonyl (C=O) groups is 1. The van der Waals surface area contributed by atoms with E-state index in [0.29, 0.717) is 51.7 Å². The molecule has 0 saturated heterocycles. The van der Waals surface area contributed by atoms with Gasteiger partial charge in [-0.2, -0.15) is 0 Å². The molecule has 1 aliphatic heterocycles. The number of likely N-dealkylation sites (N-methyl/N-ethyl adjacent to an activating group) is 1. The second-order valence-corrected chi connectivity index (χ2v) is 13.6. The van der Waals surface area contributed by atoms with Crippen molar-refractivity contribution in [2.45, 2.75) is 43.9 Å². The molecule has 1 amide bonds. The molecule has 42 heavy (non-hydrogen) atoms. The number of aliphatic hydroxyl groups excluding tert-OH is 1. The van der Waals surface area contributed by atoms with Gasteiger partial charge in [0, 0.05) is 41.8 Å². The summed E-state index contributed by atoms with van der Waals surface area (Å²) in [4.78, 5) is 17.3. The van der Waals surface area contributed by atoms with Gasteiger partial charge in [0.05, 0.1) is 34.0 Å². The van der Waals surface area contributed by atoms with Crippen molar-refractivity contribution >= 4 is 56.4 Å². The van der Waals surface area contributed by atoms with Crippen LogP contribution in [0.4, 0.5) is 5.69 Å². The Bertz CT molecular complexity index is 1520. The van der Waals surface area contributed by atoms with Crippen molar-refractivity contribution in [2.24, 2.45) is 5.92 Å². The van der Waals surface area contributed by atoms with Crippen molar-refractivity contribution in [3.8, 4) is 5.75 Å². The van der Waals surface area contributed by atoms with Crippen molar-refractivity contribution < 1.29 is 23.1 Å². The van der Waals surface area contributed by atoms with Crippen LogP contribution < -0.4 is 9.46 Å². The molecule has 0 unspecified atom stereocenters. The quantitative estimate of drug-likeness (QED) is 0.306. The highest BCUT2D eigenvalue weighted by atomic mass is 35.5. The van der Waals surface area contributed by atoms with Crippen LogP contribution in [0.1, 0.15) is 25.0 Å². The highest BCUT2D eigenvalue weighted by Crippen LogP contribution is 2.31. The lowest BCUT2D eigenvalue weighted by Gasteiger charge is -2.34. The highest BCUT2D eigenvalue weighted by molar-refractivity contribution is 7.92. The summed E-state index contributed by atoms with van der Waals surface area (Å²) in [5, 5.41) is 11.3. The average molecular weight is 655 g/mol. The van der Waals surface area contributed by atoms with Gasteiger partial charge < -0.3 is 14.7 Å². The molecule has 0 aliphatic carbocycles. The van der Waals surface area contributed by atoms with E-state index in [0.717, 1.165) is 5.56 Å². The van der Waals surface area contributed by atoms with Gasteiger partial charge in [0.2, 0.25) is 5.91 Å². The zero-order valence-electron chi connectivity index (χ0n) is 23.6. The van der Waals surface area contributed by atoms with E-state index in [1.807, 2.05) is 26.1 Å². The monoisotopic (exact) mass is 653 g/mol. The molecule has 0 aromatic heterocycles. The Labute approximate surface area is 262 Å². The second kappa shape index (κ2) is 13.8. The number of ether oxygens (including phenoxy) is 1. The summed E-state index contributed by atoms with van der Waals surface area (Å²) < 4.78 is 35.1. The molecule has 0 saturated carbocycles. The predicted molar refractivity (Wildman–Crippen MR) is 167 cm³/mol. The maximum absolute atomic E-state index is 13.5. The SMILES string of the molecule is C[C@H]1CN([C@@H](C)CO)C(=O)Cc2cc(NS(=O)(=O)c3ccc(Cl)cc3)ccc2O[C@@H]1CN(C)Cc1ccc(Cl)c(Cl)c1. The molecule has 1 heterocycles. The van der Waals surface area contributed by atoms with Gasteiger partial charge in [-0.25, -0.2) is 8.42 Å². The maximum Gasteiger partial charge on any atom is 0.261 e. The second-order valence-electron chi connectivity index (χ2n) is 10.7. The fourth-order valence-corrected chi connectivity index (χ4v) is 6.36. The lowest BCUT2D eigenvalue weighted by atomic mass is 10.0. The van der Waals surface area contributed by atoms with E-state index in [2.05, 4.69) is 9.62 Å². The van der Waals surface area contributed by atoms with Crippen LogP contribution in [0.2, 0.25) is 15.1 Å². The Morgan fingerprint density at radius 3 is 2.45 bits per heavy atom. The highest BCUT2D eigenvalue weighted by Gasteiger charge is 2.31. The van der Waals surface area contributed by atoms with Gasteiger partial charge in [0.1, 0.15) is 11.9 Å². The van der Waals surface area contributed by atoms with Crippen LogP contribution in [0.3, 0.4) is 0 Å². The predicted octanol–water partition coefficient (Wildman–Crippen LogP) is 5.73. The minimum Gasteiger partial charge on any atom is -0.488 e. The van der Waals surface area contributed by atoms with Crippen LogP contribution in [-0.4, -0.2) is 68.1 Å². The first kappa shape index (κ1) is 32.4. The van der Waals surface area contributed by atoms with Crippen LogP contribution in [0.5, 0.6) is 5.75 Å². The average Bonchev–Trinajstić information content (AvgIpc) is 2.98. The van der Waals surface area contributed by atoms with Crippen LogP contribution in [0.25, 0.3) is 0 Å². The zero-order valence-corrected chi connectivity index (χ0v) is 26.6. The van der Waals surface area contributed by atoms with E-state index in [-0.39, 0.29) is 35.9 Å². The van der Waals surface area contributed by atoms with E-state index in [4.69, 9.17) is 39.5 Å². The van der Waals surface area contributed by atoms with Gasteiger partial charge >= 0.3 is 0 Å². The number of fused-ring (bicyclic) bond motifs is 1. The summed E-state index contributed by atoms with van der Waals surface area (Å²) in [6.45, 7) is 5.14. The molecule has 226 valence electrons. The summed E-state index contributed by atoms with van der Waals surface area (Å²) in [7, 11) is -1.92. The Kier molecular flexibility index (Phi) is 10.7. The topological polar surface area (TPSA) is 99.2 Å². The lowest BCUT2D eigenvalue weighted by molar-refractivity contribution is -0.134. The number of carbonyl (C=O) groups excluding carboxylic acids is 1. The number of nitrogens with zero attached hydrogens (tertiary/aromatic N) is 2. The Hall–Kier alpha value is -2.53. The van der Waals surface area contributed by atoms with Crippen LogP contribution in [0.15, 0.2) is 65.6 Å². The van der Waals surface area contributed by atoms with Gasteiger partial charge in [-0.05, 0) is 74.1 Å². The summed E-state index contributed by atoms with van der Waals surface area (Å²) >= 11 is 18.2. The minimum atomic E-state index is -3.90. The number of hydrogen-bond donors (Lipinski definition) is 2. The lowest BCUT2D eigenvalue weighted by Crippen LogP contribution is -2.47. The fraction of sp³-hybridized carbons (Fsp3) is 0.367. The van der Waals surface area contributed by atoms with Gasteiger partial charge in [-0.3, -0.25) is 14.4 Å². The molecule has 3 atom stereocenters. The van der Waals surface area contributed by atoms with Crippen molar-refractivity contribution in [3.63, 3.8) is 0 Å². The molecule has 12 heteroatoms. The van der Waals surface area contributed by atoms with E-state index in [1.54, 1.807) is 36.1 Å². The fourth-order valence-electron chi connectivity index (χ4n) is 4.86. The number of benzene rings is 3. The van der Waals surface area contributed by atoms with E-state index in [1.165, 1.54) is 24.3 Å². The smallest absolute Gasteiger partial charge is 0.261 e. The normalized spacial score (nSPS) is 18.5. The molecule has 0 spiro atoms. The third kappa shape index (κ3) is 8.09. The summed E-state index contributed by atoms with van der Waals surface area (Å²) in [5.74, 6) is 0.222. The van der Waals surface area contributed by atoms with E-state index >= 15 is 0 Å². The van der Waals surface area contributed by atoms with Crippen LogP contribution in [0, 0.1) is 5.92 Å². The first-order valence-corrected chi connectivity index (χ1v) is 16.1. The summed E-state index contributed by atoms with van der Waals surface area (Å²) in [6.07, 6.45) is -0.346. The number of anilines is 1. The number of halogens is 3.